The highest BCUT2D eigenvalue weighted by molar-refractivity contribution is 5.96. The lowest BCUT2D eigenvalue weighted by molar-refractivity contribution is -0.137. The van der Waals surface area contributed by atoms with Crippen molar-refractivity contribution >= 4 is 11.8 Å². The molecular formula is C17H22F3N3O3. The number of carbonyl (C=O) groups excluding carboxylic acids is 2. The molecule has 144 valence electrons. The van der Waals surface area contributed by atoms with E-state index in [9.17, 15) is 22.8 Å². The van der Waals surface area contributed by atoms with E-state index in [1.54, 1.807) is 4.90 Å². The number of rotatable bonds is 6. The summed E-state index contributed by atoms with van der Waals surface area (Å²) in [7, 11) is 1.47. The Morgan fingerprint density at radius 3 is 2.35 bits per heavy atom. The first kappa shape index (κ1) is 20.2. The highest BCUT2D eigenvalue weighted by Crippen LogP contribution is 2.29. The van der Waals surface area contributed by atoms with E-state index < -0.39 is 17.6 Å². The molecule has 1 aromatic rings. The predicted molar refractivity (Wildman–Crippen MR) is 88.7 cm³/mol. The number of alkyl halides is 3. The maximum atomic E-state index is 12.7. The minimum absolute atomic E-state index is 0.0993. The summed E-state index contributed by atoms with van der Waals surface area (Å²) in [4.78, 5) is 28.0. The van der Waals surface area contributed by atoms with E-state index in [-0.39, 0.29) is 31.2 Å². The van der Waals surface area contributed by atoms with Crippen molar-refractivity contribution in [3.8, 4) is 0 Å². The number of nitrogens with one attached hydrogen (secondary N) is 1. The van der Waals surface area contributed by atoms with Crippen LogP contribution in [-0.4, -0.2) is 74.6 Å². The van der Waals surface area contributed by atoms with Gasteiger partial charge in [0.25, 0.3) is 5.91 Å². The molecule has 0 unspecified atom stereocenters. The first-order valence-electron chi connectivity index (χ1n) is 8.27. The van der Waals surface area contributed by atoms with E-state index in [4.69, 9.17) is 4.74 Å². The average molecular weight is 373 g/mol. The Balaban J connectivity index is 2.09. The summed E-state index contributed by atoms with van der Waals surface area (Å²) >= 11 is 0. The molecule has 26 heavy (non-hydrogen) atoms. The fourth-order valence-electron chi connectivity index (χ4n) is 2.62. The van der Waals surface area contributed by atoms with Gasteiger partial charge in [0.2, 0.25) is 5.91 Å². The summed E-state index contributed by atoms with van der Waals surface area (Å²) in [6, 6.07) is 3.97. The van der Waals surface area contributed by atoms with Crippen molar-refractivity contribution in [2.75, 3.05) is 53.0 Å². The van der Waals surface area contributed by atoms with Gasteiger partial charge < -0.3 is 19.9 Å². The molecule has 0 radical (unpaired) electrons. The van der Waals surface area contributed by atoms with E-state index >= 15 is 0 Å². The van der Waals surface area contributed by atoms with Crippen LogP contribution in [0, 0.1) is 0 Å². The normalized spacial score (nSPS) is 15.0. The van der Waals surface area contributed by atoms with Gasteiger partial charge in [0, 0.05) is 45.4 Å². The Morgan fingerprint density at radius 1 is 1.19 bits per heavy atom. The van der Waals surface area contributed by atoms with Gasteiger partial charge in [0.05, 0.1) is 12.2 Å². The Kier molecular flexibility index (Phi) is 6.98. The smallest absolute Gasteiger partial charge is 0.383 e. The van der Waals surface area contributed by atoms with Gasteiger partial charge in [-0.15, -0.1) is 0 Å². The Labute approximate surface area is 149 Å². The minimum Gasteiger partial charge on any atom is -0.383 e. The van der Waals surface area contributed by atoms with Crippen LogP contribution in [0.1, 0.15) is 15.9 Å². The third kappa shape index (κ3) is 5.43. The molecule has 9 heteroatoms. The van der Waals surface area contributed by atoms with Gasteiger partial charge in [0.15, 0.2) is 0 Å². The molecule has 0 atom stereocenters. The second kappa shape index (κ2) is 9.00. The maximum absolute atomic E-state index is 12.7. The highest BCUT2D eigenvalue weighted by Gasteiger charge is 2.30. The summed E-state index contributed by atoms with van der Waals surface area (Å²) in [5, 5.41) is 3.14. The molecule has 0 saturated carbocycles. The number of hydrogen-bond donors (Lipinski definition) is 1. The van der Waals surface area contributed by atoms with Gasteiger partial charge in [-0.05, 0) is 24.3 Å². The molecule has 1 N–H and O–H groups in total. The summed E-state index contributed by atoms with van der Waals surface area (Å²) in [5.74, 6) is -0.692. The van der Waals surface area contributed by atoms with Crippen molar-refractivity contribution in [2.24, 2.45) is 0 Å². The lowest BCUT2D eigenvalue weighted by Gasteiger charge is -2.30. The zero-order valence-corrected chi connectivity index (χ0v) is 14.5. The zero-order valence-electron chi connectivity index (χ0n) is 14.5. The fourth-order valence-corrected chi connectivity index (χ4v) is 2.62. The van der Waals surface area contributed by atoms with Crippen LogP contribution in [0.2, 0.25) is 0 Å². The lowest BCUT2D eigenvalue weighted by Crippen LogP contribution is -2.50. The fraction of sp³-hybridized carbons (Fsp3) is 0.529. The molecule has 1 fully saturated rings. The van der Waals surface area contributed by atoms with Crippen molar-refractivity contribution in [1.29, 1.82) is 0 Å². The molecule has 1 aliphatic rings. The predicted octanol–water partition coefficient (Wildman–Crippen LogP) is 1.23. The summed E-state index contributed by atoms with van der Waals surface area (Å²) in [5.41, 5.74) is -0.725. The number of amides is 2. The highest BCUT2D eigenvalue weighted by atomic mass is 19.4. The number of carbonyl (C=O) groups is 2. The molecule has 2 amide bonds. The Morgan fingerprint density at radius 2 is 1.81 bits per heavy atom. The van der Waals surface area contributed by atoms with Crippen LogP contribution in [0.5, 0.6) is 0 Å². The molecule has 1 heterocycles. The zero-order chi connectivity index (χ0) is 19.2. The molecule has 1 aromatic carbocycles. The van der Waals surface area contributed by atoms with E-state index in [1.807, 2.05) is 0 Å². The topological polar surface area (TPSA) is 61.9 Å². The van der Waals surface area contributed by atoms with Gasteiger partial charge in [-0.1, -0.05) is 0 Å². The van der Waals surface area contributed by atoms with Crippen molar-refractivity contribution in [3.63, 3.8) is 0 Å². The Hall–Kier alpha value is -2.13. The Bertz CT molecular complexity index is 614. The van der Waals surface area contributed by atoms with Gasteiger partial charge in [-0.2, -0.15) is 13.2 Å². The second-order valence-electron chi connectivity index (χ2n) is 5.93. The van der Waals surface area contributed by atoms with Gasteiger partial charge in [-0.3, -0.25) is 9.59 Å². The standard InChI is InChI=1S/C17H22F3N3O3/c1-26-11-10-23(12-15(24)22-8-6-21-7-9-22)16(25)13-2-4-14(5-3-13)17(18,19)20/h2-5,21H,6-12H2,1H3. The van der Waals surface area contributed by atoms with Crippen LogP contribution in [0.25, 0.3) is 0 Å². The first-order chi connectivity index (χ1) is 12.3. The molecule has 0 bridgehead atoms. The van der Waals surface area contributed by atoms with Crippen LogP contribution in [0.15, 0.2) is 24.3 Å². The van der Waals surface area contributed by atoms with Gasteiger partial charge in [0.1, 0.15) is 6.54 Å². The number of ether oxygens (including phenoxy) is 1. The molecule has 1 aliphatic heterocycles. The quantitative estimate of drug-likeness (QED) is 0.815. The largest absolute Gasteiger partial charge is 0.416 e. The van der Waals surface area contributed by atoms with E-state index in [0.717, 1.165) is 24.3 Å². The number of halogens is 3. The van der Waals surface area contributed by atoms with Crippen LogP contribution in [0.3, 0.4) is 0 Å². The molecular weight excluding hydrogens is 351 g/mol. The van der Waals surface area contributed by atoms with Crippen molar-refractivity contribution in [1.82, 2.24) is 15.1 Å². The average Bonchev–Trinajstić information content (AvgIpc) is 2.64. The van der Waals surface area contributed by atoms with E-state index in [1.165, 1.54) is 12.0 Å². The molecule has 6 nitrogen and oxygen atoms in total. The van der Waals surface area contributed by atoms with Crippen LogP contribution in [0.4, 0.5) is 13.2 Å². The van der Waals surface area contributed by atoms with Gasteiger partial charge in [-0.25, -0.2) is 0 Å². The number of methoxy groups -OCH3 is 1. The molecule has 0 aliphatic carbocycles. The third-order valence-corrected chi connectivity index (χ3v) is 4.11. The molecule has 0 aromatic heterocycles. The molecule has 0 spiro atoms. The number of benzene rings is 1. The SMILES string of the molecule is COCCN(CC(=O)N1CCNCC1)C(=O)c1ccc(C(F)(F)F)cc1. The summed E-state index contributed by atoms with van der Waals surface area (Å²) < 4.78 is 42.9. The molecule has 2 rings (SSSR count). The van der Waals surface area contributed by atoms with Gasteiger partial charge >= 0.3 is 6.18 Å². The van der Waals surface area contributed by atoms with Crippen LogP contribution in [-0.2, 0) is 15.7 Å². The van der Waals surface area contributed by atoms with Crippen LogP contribution >= 0.6 is 0 Å². The van der Waals surface area contributed by atoms with E-state index in [2.05, 4.69) is 5.32 Å². The first-order valence-corrected chi connectivity index (χ1v) is 8.27. The monoisotopic (exact) mass is 373 g/mol. The number of piperazine rings is 1. The minimum atomic E-state index is -4.46. The number of hydrogen-bond acceptors (Lipinski definition) is 4. The molecule has 1 saturated heterocycles. The van der Waals surface area contributed by atoms with Crippen molar-refractivity contribution in [2.45, 2.75) is 6.18 Å². The summed E-state index contributed by atoms with van der Waals surface area (Å²) in [6.45, 7) is 2.77. The third-order valence-electron chi connectivity index (χ3n) is 4.11. The van der Waals surface area contributed by atoms with Crippen LogP contribution < -0.4 is 5.32 Å². The van der Waals surface area contributed by atoms with E-state index in [0.29, 0.717) is 26.2 Å². The summed E-state index contributed by atoms with van der Waals surface area (Å²) in [6.07, 6.45) is -4.46. The van der Waals surface area contributed by atoms with Crippen molar-refractivity contribution < 1.29 is 27.5 Å². The lowest BCUT2D eigenvalue weighted by atomic mass is 10.1. The maximum Gasteiger partial charge on any atom is 0.416 e. The van der Waals surface area contributed by atoms with Crippen molar-refractivity contribution in [3.05, 3.63) is 35.4 Å². The second-order valence-corrected chi connectivity index (χ2v) is 5.93. The number of nitrogens with zero attached hydrogens (tertiary/aromatic N) is 2.